The molecule has 1 saturated carbocycles. The van der Waals surface area contributed by atoms with Gasteiger partial charge in [-0.1, -0.05) is 6.42 Å². The highest BCUT2D eigenvalue weighted by molar-refractivity contribution is 5.99. The van der Waals surface area contributed by atoms with Crippen molar-refractivity contribution in [3.05, 3.63) is 41.8 Å². The highest BCUT2D eigenvalue weighted by atomic mass is 19.1. The molecule has 1 aliphatic carbocycles. The molecule has 0 radical (unpaired) electrons. The molecule has 6 heteroatoms. The standard InChI is InChI=1S/C17H20FN3O2/c1-21(10-12-3-2-4-15(12)22)17(23)14-9-19-20-16(14)11-5-7-13(18)8-6-11/h5-9,12,15,22H,2-4,10H2,1H3,(H,19,20). The molecule has 2 atom stereocenters. The van der Waals surface area contributed by atoms with Crippen molar-refractivity contribution in [3.63, 3.8) is 0 Å². The fraction of sp³-hybridized carbons (Fsp3) is 0.412. The van der Waals surface area contributed by atoms with Gasteiger partial charge >= 0.3 is 0 Å². The highest BCUT2D eigenvalue weighted by Crippen LogP contribution is 2.27. The lowest BCUT2D eigenvalue weighted by atomic mass is 10.0. The van der Waals surface area contributed by atoms with E-state index in [4.69, 9.17) is 0 Å². The molecule has 0 aliphatic heterocycles. The number of benzene rings is 1. The normalized spacial score (nSPS) is 20.7. The zero-order valence-corrected chi connectivity index (χ0v) is 13.0. The van der Waals surface area contributed by atoms with Crippen LogP contribution in [-0.4, -0.2) is 45.8 Å². The van der Waals surface area contributed by atoms with Crippen LogP contribution in [0.25, 0.3) is 11.3 Å². The summed E-state index contributed by atoms with van der Waals surface area (Å²) in [5.41, 5.74) is 1.74. The first-order chi connectivity index (χ1) is 11.1. The van der Waals surface area contributed by atoms with Crippen LogP contribution < -0.4 is 0 Å². The third kappa shape index (κ3) is 3.27. The van der Waals surface area contributed by atoms with Gasteiger partial charge < -0.3 is 10.0 Å². The molecule has 23 heavy (non-hydrogen) atoms. The van der Waals surface area contributed by atoms with Gasteiger partial charge in [-0.15, -0.1) is 0 Å². The number of carbonyl (C=O) groups excluding carboxylic acids is 1. The van der Waals surface area contributed by atoms with Crippen LogP contribution in [0.3, 0.4) is 0 Å². The maximum atomic E-state index is 13.1. The number of hydrogen-bond donors (Lipinski definition) is 2. The smallest absolute Gasteiger partial charge is 0.257 e. The monoisotopic (exact) mass is 317 g/mol. The number of halogens is 1. The Morgan fingerprint density at radius 1 is 1.39 bits per heavy atom. The van der Waals surface area contributed by atoms with Crippen molar-refractivity contribution in [2.75, 3.05) is 13.6 Å². The Kier molecular flexibility index (Phi) is 4.43. The van der Waals surface area contributed by atoms with Gasteiger partial charge in [-0.3, -0.25) is 9.89 Å². The number of aromatic nitrogens is 2. The van der Waals surface area contributed by atoms with Gasteiger partial charge in [0.15, 0.2) is 0 Å². The van der Waals surface area contributed by atoms with Gasteiger partial charge in [-0.25, -0.2) is 4.39 Å². The number of hydrogen-bond acceptors (Lipinski definition) is 3. The van der Waals surface area contributed by atoms with Crippen molar-refractivity contribution in [2.24, 2.45) is 5.92 Å². The van der Waals surface area contributed by atoms with E-state index in [-0.39, 0.29) is 23.7 Å². The number of aliphatic hydroxyl groups excluding tert-OH is 1. The van der Waals surface area contributed by atoms with E-state index in [2.05, 4.69) is 10.2 Å². The zero-order valence-electron chi connectivity index (χ0n) is 13.0. The van der Waals surface area contributed by atoms with Gasteiger partial charge in [0.25, 0.3) is 5.91 Å². The van der Waals surface area contributed by atoms with Crippen molar-refractivity contribution in [1.29, 1.82) is 0 Å². The second-order valence-electron chi connectivity index (χ2n) is 6.11. The number of amides is 1. The first kappa shape index (κ1) is 15.7. The van der Waals surface area contributed by atoms with Crippen LogP contribution >= 0.6 is 0 Å². The molecule has 1 amide bonds. The maximum Gasteiger partial charge on any atom is 0.257 e. The quantitative estimate of drug-likeness (QED) is 0.910. The van der Waals surface area contributed by atoms with E-state index in [0.717, 1.165) is 19.3 Å². The van der Waals surface area contributed by atoms with Crippen LogP contribution in [0.1, 0.15) is 29.6 Å². The number of nitrogens with one attached hydrogen (secondary N) is 1. The van der Waals surface area contributed by atoms with Gasteiger partial charge in [-0.05, 0) is 37.1 Å². The van der Waals surface area contributed by atoms with Gasteiger partial charge in [0.05, 0.1) is 23.6 Å². The third-order valence-electron chi connectivity index (χ3n) is 4.48. The van der Waals surface area contributed by atoms with Crippen molar-refractivity contribution in [1.82, 2.24) is 15.1 Å². The first-order valence-corrected chi connectivity index (χ1v) is 7.79. The molecule has 1 aliphatic rings. The molecule has 2 unspecified atom stereocenters. The van der Waals surface area contributed by atoms with E-state index in [1.807, 2.05) is 0 Å². The Balaban J connectivity index is 1.77. The third-order valence-corrected chi connectivity index (χ3v) is 4.48. The molecule has 1 heterocycles. The summed E-state index contributed by atoms with van der Waals surface area (Å²) >= 11 is 0. The lowest BCUT2D eigenvalue weighted by Crippen LogP contribution is -2.34. The zero-order chi connectivity index (χ0) is 16.4. The van der Waals surface area contributed by atoms with Gasteiger partial charge in [0, 0.05) is 25.1 Å². The minimum atomic E-state index is -0.328. The highest BCUT2D eigenvalue weighted by Gasteiger charge is 2.28. The Hall–Kier alpha value is -2.21. The van der Waals surface area contributed by atoms with E-state index in [1.165, 1.54) is 18.3 Å². The summed E-state index contributed by atoms with van der Waals surface area (Å²) in [7, 11) is 1.73. The average molecular weight is 317 g/mol. The largest absolute Gasteiger partial charge is 0.393 e. The summed E-state index contributed by atoms with van der Waals surface area (Å²) in [6.07, 6.45) is 3.91. The topological polar surface area (TPSA) is 69.2 Å². The summed E-state index contributed by atoms with van der Waals surface area (Å²) in [5.74, 6) is -0.351. The molecule has 1 fully saturated rings. The van der Waals surface area contributed by atoms with Crippen LogP contribution in [0.4, 0.5) is 4.39 Å². The van der Waals surface area contributed by atoms with Crippen LogP contribution in [0.2, 0.25) is 0 Å². The number of aromatic amines is 1. The van der Waals surface area contributed by atoms with Crippen molar-refractivity contribution < 1.29 is 14.3 Å². The Bertz CT molecular complexity index is 683. The van der Waals surface area contributed by atoms with Gasteiger partial charge in [0.1, 0.15) is 5.82 Å². The lowest BCUT2D eigenvalue weighted by Gasteiger charge is -2.23. The molecular weight excluding hydrogens is 297 g/mol. The molecule has 1 aromatic heterocycles. The molecular formula is C17H20FN3O2. The van der Waals surface area contributed by atoms with E-state index < -0.39 is 0 Å². The number of rotatable bonds is 4. The summed E-state index contributed by atoms with van der Waals surface area (Å²) in [6.45, 7) is 0.522. The Morgan fingerprint density at radius 2 is 2.13 bits per heavy atom. The Labute approximate surface area is 134 Å². The van der Waals surface area contributed by atoms with Crippen molar-refractivity contribution in [3.8, 4) is 11.3 Å². The Morgan fingerprint density at radius 3 is 2.78 bits per heavy atom. The van der Waals surface area contributed by atoms with Crippen LogP contribution in [0.5, 0.6) is 0 Å². The number of H-pyrrole nitrogens is 1. The predicted molar refractivity (Wildman–Crippen MR) is 84.3 cm³/mol. The van der Waals surface area contributed by atoms with Crippen molar-refractivity contribution in [2.45, 2.75) is 25.4 Å². The minimum Gasteiger partial charge on any atom is -0.393 e. The summed E-state index contributed by atoms with van der Waals surface area (Å²) < 4.78 is 13.1. The van der Waals surface area contributed by atoms with Crippen molar-refractivity contribution >= 4 is 5.91 Å². The first-order valence-electron chi connectivity index (χ1n) is 7.79. The van der Waals surface area contributed by atoms with Crippen LogP contribution in [-0.2, 0) is 0 Å². The molecule has 1 aromatic carbocycles. The van der Waals surface area contributed by atoms with E-state index >= 15 is 0 Å². The lowest BCUT2D eigenvalue weighted by molar-refractivity contribution is 0.0694. The summed E-state index contributed by atoms with van der Waals surface area (Å²) in [4.78, 5) is 14.3. The fourth-order valence-electron chi connectivity index (χ4n) is 3.16. The number of aliphatic hydroxyl groups is 1. The van der Waals surface area contributed by atoms with Crippen LogP contribution in [0, 0.1) is 11.7 Å². The van der Waals surface area contributed by atoms with Gasteiger partial charge in [-0.2, -0.15) is 5.10 Å². The fourth-order valence-corrected chi connectivity index (χ4v) is 3.16. The van der Waals surface area contributed by atoms with E-state index in [0.29, 0.717) is 23.4 Å². The molecule has 2 N–H and O–H groups in total. The molecule has 2 aromatic rings. The van der Waals surface area contributed by atoms with E-state index in [1.54, 1.807) is 24.1 Å². The second kappa shape index (κ2) is 6.50. The molecule has 122 valence electrons. The molecule has 5 nitrogen and oxygen atoms in total. The molecule has 0 spiro atoms. The average Bonchev–Trinajstić information content (AvgIpc) is 3.17. The maximum absolute atomic E-state index is 13.1. The van der Waals surface area contributed by atoms with Crippen LogP contribution in [0.15, 0.2) is 30.5 Å². The predicted octanol–water partition coefficient (Wildman–Crippen LogP) is 2.45. The molecule has 0 saturated heterocycles. The SMILES string of the molecule is CN(CC1CCCC1O)C(=O)c1cn[nH]c1-c1ccc(F)cc1. The minimum absolute atomic E-state index is 0.130. The molecule has 0 bridgehead atoms. The summed E-state index contributed by atoms with van der Waals surface area (Å²) in [6, 6.07) is 5.92. The van der Waals surface area contributed by atoms with Gasteiger partial charge in [0.2, 0.25) is 0 Å². The number of carbonyl (C=O) groups is 1. The van der Waals surface area contributed by atoms with E-state index in [9.17, 15) is 14.3 Å². The number of nitrogens with zero attached hydrogens (tertiary/aromatic N) is 2. The molecule has 3 rings (SSSR count). The summed E-state index contributed by atoms with van der Waals surface area (Å²) in [5, 5.41) is 16.7. The second-order valence-corrected chi connectivity index (χ2v) is 6.11.